The van der Waals surface area contributed by atoms with E-state index in [1.807, 2.05) is 13.0 Å². The van der Waals surface area contributed by atoms with Crippen LogP contribution >= 0.6 is 11.6 Å². The first kappa shape index (κ1) is 14.2. The Labute approximate surface area is 122 Å². The topological polar surface area (TPSA) is 64.3 Å². The Morgan fingerprint density at radius 1 is 1.25 bits per heavy atom. The second kappa shape index (κ2) is 5.84. The zero-order chi connectivity index (χ0) is 14.7. The number of hydrogen-bond donors (Lipinski definition) is 2. The van der Waals surface area contributed by atoms with E-state index >= 15 is 0 Å². The highest BCUT2D eigenvalue weighted by Crippen LogP contribution is 2.24. The van der Waals surface area contributed by atoms with Gasteiger partial charge in [0.2, 0.25) is 0 Å². The third-order valence-electron chi connectivity index (χ3n) is 2.94. The van der Waals surface area contributed by atoms with Crippen LogP contribution in [0.15, 0.2) is 36.4 Å². The quantitative estimate of drug-likeness (QED) is 0.851. The highest BCUT2D eigenvalue weighted by molar-refractivity contribution is 6.31. The Balaban J connectivity index is 2.25. The van der Waals surface area contributed by atoms with Gasteiger partial charge in [0.15, 0.2) is 0 Å². The monoisotopic (exact) mass is 290 g/mol. The molecule has 2 rings (SSSR count). The maximum Gasteiger partial charge on any atom is 0.259 e. The van der Waals surface area contributed by atoms with Crippen LogP contribution in [-0.2, 0) is 0 Å². The Morgan fingerprint density at radius 3 is 2.65 bits per heavy atom. The zero-order valence-corrected chi connectivity index (χ0v) is 12.0. The summed E-state index contributed by atoms with van der Waals surface area (Å²) >= 11 is 5.87. The molecule has 0 saturated carbocycles. The SMILES string of the molecule is COc1cc(Cl)ccc1C(=O)Nc1ccc(N)c(C)c1. The van der Waals surface area contributed by atoms with Crippen LogP contribution in [0.1, 0.15) is 15.9 Å². The minimum atomic E-state index is -0.261. The van der Waals surface area contributed by atoms with Gasteiger partial charge in [0.05, 0.1) is 12.7 Å². The number of rotatable bonds is 3. The van der Waals surface area contributed by atoms with E-state index in [9.17, 15) is 4.79 Å². The van der Waals surface area contributed by atoms with Gasteiger partial charge in [-0.05, 0) is 48.9 Å². The number of methoxy groups -OCH3 is 1. The number of carbonyl (C=O) groups excluding carboxylic acids is 1. The van der Waals surface area contributed by atoms with Crippen molar-refractivity contribution >= 4 is 28.9 Å². The number of nitrogen functional groups attached to an aromatic ring is 1. The van der Waals surface area contributed by atoms with E-state index in [0.29, 0.717) is 27.7 Å². The molecule has 2 aromatic carbocycles. The maximum atomic E-state index is 12.2. The van der Waals surface area contributed by atoms with E-state index in [4.69, 9.17) is 22.1 Å². The van der Waals surface area contributed by atoms with E-state index in [1.54, 1.807) is 30.3 Å². The number of halogens is 1. The molecule has 1 amide bonds. The van der Waals surface area contributed by atoms with Gasteiger partial charge in [0, 0.05) is 16.4 Å². The molecule has 0 atom stereocenters. The number of hydrogen-bond acceptors (Lipinski definition) is 3. The highest BCUT2D eigenvalue weighted by Gasteiger charge is 2.13. The van der Waals surface area contributed by atoms with Crippen LogP contribution < -0.4 is 15.8 Å². The van der Waals surface area contributed by atoms with Gasteiger partial charge in [-0.25, -0.2) is 0 Å². The summed E-state index contributed by atoms with van der Waals surface area (Å²) in [6, 6.07) is 10.2. The predicted molar refractivity (Wildman–Crippen MR) is 81.5 cm³/mol. The van der Waals surface area contributed by atoms with Gasteiger partial charge >= 0.3 is 0 Å². The van der Waals surface area contributed by atoms with Crippen LogP contribution in [0.25, 0.3) is 0 Å². The molecule has 0 unspecified atom stereocenters. The third kappa shape index (κ3) is 3.03. The van der Waals surface area contributed by atoms with Crippen LogP contribution in [0, 0.1) is 6.92 Å². The summed E-state index contributed by atoms with van der Waals surface area (Å²) in [6.45, 7) is 1.88. The molecule has 0 heterocycles. The van der Waals surface area contributed by atoms with Crippen molar-refractivity contribution < 1.29 is 9.53 Å². The van der Waals surface area contributed by atoms with E-state index in [0.717, 1.165) is 5.56 Å². The van der Waals surface area contributed by atoms with E-state index in [2.05, 4.69) is 5.32 Å². The molecule has 0 aliphatic heterocycles. The highest BCUT2D eigenvalue weighted by atomic mass is 35.5. The summed E-state index contributed by atoms with van der Waals surface area (Å²) in [7, 11) is 1.50. The van der Waals surface area contributed by atoms with Crippen molar-refractivity contribution in [1.82, 2.24) is 0 Å². The molecule has 0 radical (unpaired) electrons. The Bertz CT molecular complexity index is 656. The summed E-state index contributed by atoms with van der Waals surface area (Å²) in [5, 5.41) is 3.32. The minimum Gasteiger partial charge on any atom is -0.496 e. The van der Waals surface area contributed by atoms with Gasteiger partial charge in [-0.3, -0.25) is 4.79 Å². The molecule has 5 heteroatoms. The fourth-order valence-corrected chi connectivity index (χ4v) is 1.97. The molecule has 0 saturated heterocycles. The summed E-state index contributed by atoms with van der Waals surface area (Å²) in [5.74, 6) is 0.171. The lowest BCUT2D eigenvalue weighted by molar-refractivity contribution is 0.102. The fraction of sp³-hybridized carbons (Fsp3) is 0.133. The van der Waals surface area contributed by atoms with Crippen LogP contribution in [0.2, 0.25) is 5.02 Å². The fourth-order valence-electron chi connectivity index (χ4n) is 1.80. The number of carbonyl (C=O) groups is 1. The van der Waals surface area contributed by atoms with Gasteiger partial charge in [0.1, 0.15) is 5.75 Å². The first-order chi connectivity index (χ1) is 9.51. The van der Waals surface area contributed by atoms with Gasteiger partial charge in [-0.15, -0.1) is 0 Å². The number of amides is 1. The molecule has 0 aromatic heterocycles. The van der Waals surface area contributed by atoms with Crippen molar-refractivity contribution in [2.75, 3.05) is 18.2 Å². The molecule has 3 N–H and O–H groups in total. The molecule has 0 spiro atoms. The average molecular weight is 291 g/mol. The van der Waals surface area contributed by atoms with Crippen molar-refractivity contribution in [3.05, 3.63) is 52.5 Å². The number of nitrogens with one attached hydrogen (secondary N) is 1. The molecule has 0 aliphatic rings. The predicted octanol–water partition coefficient (Wildman–Crippen LogP) is 3.49. The van der Waals surface area contributed by atoms with Crippen LogP contribution in [0.3, 0.4) is 0 Å². The van der Waals surface area contributed by atoms with E-state index < -0.39 is 0 Å². The second-order valence-corrected chi connectivity index (χ2v) is 4.81. The number of anilines is 2. The van der Waals surface area contributed by atoms with Gasteiger partial charge in [-0.1, -0.05) is 11.6 Å². The standard InChI is InChI=1S/C15H15ClN2O2/c1-9-7-11(4-6-13(9)17)18-15(19)12-5-3-10(16)8-14(12)20-2/h3-8H,17H2,1-2H3,(H,18,19). The van der Waals surface area contributed by atoms with Crippen LogP contribution in [-0.4, -0.2) is 13.0 Å². The largest absolute Gasteiger partial charge is 0.496 e. The second-order valence-electron chi connectivity index (χ2n) is 4.37. The summed E-state index contributed by atoms with van der Waals surface area (Å²) < 4.78 is 5.16. The molecule has 20 heavy (non-hydrogen) atoms. The van der Waals surface area contributed by atoms with Gasteiger partial charge in [0.25, 0.3) is 5.91 Å². The number of nitrogens with two attached hydrogens (primary N) is 1. The molecule has 0 aliphatic carbocycles. The molecule has 0 bridgehead atoms. The summed E-state index contributed by atoms with van der Waals surface area (Å²) in [5.41, 5.74) is 8.44. The molecule has 4 nitrogen and oxygen atoms in total. The van der Waals surface area contributed by atoms with E-state index in [1.165, 1.54) is 7.11 Å². The zero-order valence-electron chi connectivity index (χ0n) is 11.2. The third-order valence-corrected chi connectivity index (χ3v) is 3.17. The lowest BCUT2D eigenvalue weighted by Gasteiger charge is -2.10. The lowest BCUT2D eigenvalue weighted by Crippen LogP contribution is -2.13. The molecular formula is C15H15ClN2O2. The summed E-state index contributed by atoms with van der Waals surface area (Å²) in [6.07, 6.45) is 0. The Hall–Kier alpha value is -2.20. The minimum absolute atomic E-state index is 0.261. The average Bonchev–Trinajstić information content (AvgIpc) is 2.42. The first-order valence-corrected chi connectivity index (χ1v) is 6.40. The van der Waals surface area contributed by atoms with Crippen molar-refractivity contribution in [2.45, 2.75) is 6.92 Å². The van der Waals surface area contributed by atoms with Crippen molar-refractivity contribution in [1.29, 1.82) is 0 Å². The molecule has 2 aromatic rings. The maximum absolute atomic E-state index is 12.2. The Kier molecular flexibility index (Phi) is 4.15. The van der Waals surface area contributed by atoms with Gasteiger partial charge < -0.3 is 15.8 Å². The lowest BCUT2D eigenvalue weighted by atomic mass is 10.1. The van der Waals surface area contributed by atoms with Crippen molar-refractivity contribution in [3.8, 4) is 5.75 Å². The van der Waals surface area contributed by atoms with Crippen LogP contribution in [0.4, 0.5) is 11.4 Å². The van der Waals surface area contributed by atoms with Crippen molar-refractivity contribution in [2.24, 2.45) is 0 Å². The normalized spacial score (nSPS) is 10.2. The number of benzene rings is 2. The number of aryl methyl sites for hydroxylation is 1. The van der Waals surface area contributed by atoms with Crippen LogP contribution in [0.5, 0.6) is 5.75 Å². The summed E-state index contributed by atoms with van der Waals surface area (Å²) in [4.78, 5) is 12.2. The first-order valence-electron chi connectivity index (χ1n) is 6.02. The molecular weight excluding hydrogens is 276 g/mol. The number of ether oxygens (including phenoxy) is 1. The van der Waals surface area contributed by atoms with Crippen molar-refractivity contribution in [3.63, 3.8) is 0 Å². The Morgan fingerprint density at radius 2 is 2.00 bits per heavy atom. The smallest absolute Gasteiger partial charge is 0.259 e. The van der Waals surface area contributed by atoms with E-state index in [-0.39, 0.29) is 5.91 Å². The molecule has 0 fully saturated rings. The van der Waals surface area contributed by atoms with Gasteiger partial charge in [-0.2, -0.15) is 0 Å². The molecule has 104 valence electrons.